The van der Waals surface area contributed by atoms with Crippen molar-refractivity contribution >= 4 is 17.3 Å². The van der Waals surface area contributed by atoms with Gasteiger partial charge in [0.2, 0.25) is 5.91 Å². The van der Waals surface area contributed by atoms with Crippen molar-refractivity contribution in [3.8, 4) is 0 Å². The van der Waals surface area contributed by atoms with Crippen molar-refractivity contribution in [1.82, 2.24) is 4.90 Å². The molecule has 1 aliphatic heterocycles. The lowest BCUT2D eigenvalue weighted by molar-refractivity contribution is -0.121. The summed E-state index contributed by atoms with van der Waals surface area (Å²) in [5, 5.41) is 0. The average Bonchev–Trinajstić information content (AvgIpc) is 3.02. The predicted molar refractivity (Wildman–Crippen MR) is 66.0 cm³/mol. The first-order chi connectivity index (χ1) is 8.02. The normalized spacial score (nSPS) is 19.0. The summed E-state index contributed by atoms with van der Waals surface area (Å²) in [5.74, 6) is 0.0977. The van der Waals surface area contributed by atoms with Gasteiger partial charge >= 0.3 is 0 Å². The molecule has 0 aromatic rings. The van der Waals surface area contributed by atoms with Crippen molar-refractivity contribution in [2.24, 2.45) is 0 Å². The highest BCUT2D eigenvalue weighted by Crippen LogP contribution is 2.23. The van der Waals surface area contributed by atoms with Gasteiger partial charge in [0.25, 0.3) is 0 Å². The second kappa shape index (κ2) is 9.32. The molecule has 1 amide bonds. The summed E-state index contributed by atoms with van der Waals surface area (Å²) in [6.45, 7) is 6.64. The lowest BCUT2D eigenvalue weighted by atomic mass is 10.1. The largest absolute Gasteiger partial charge is 0.750 e. The van der Waals surface area contributed by atoms with Crippen LogP contribution in [0.25, 0.3) is 0 Å². The monoisotopic (exact) mass is 262 g/mol. The Morgan fingerprint density at radius 1 is 1.59 bits per heavy atom. The molecule has 1 aliphatic rings. The maximum atomic E-state index is 11.1. The van der Waals surface area contributed by atoms with Crippen LogP contribution in [0.1, 0.15) is 39.0 Å². The van der Waals surface area contributed by atoms with Gasteiger partial charge in [0.05, 0.1) is 11.4 Å². The Labute approximate surface area is 105 Å². The molecule has 1 N–H and O–H groups in total. The van der Waals surface area contributed by atoms with E-state index in [-0.39, 0.29) is 5.91 Å². The highest BCUT2D eigenvalue weighted by molar-refractivity contribution is 7.73. The second-order valence-electron chi connectivity index (χ2n) is 3.91. The van der Waals surface area contributed by atoms with Crippen LogP contribution in [0, 0.1) is 0 Å². The van der Waals surface area contributed by atoms with Crippen molar-refractivity contribution in [2.45, 2.75) is 45.1 Å². The Hall–Kier alpha value is -0.720. The standard InChI is InChI=1S/C11H19NO.H2O3S/c1-3-5-6-7-8-10-9-12(10)11(13)4-2;1-4(2)3/h4,10H,2-3,5-9H2,1H3;(H2,1,2,3)/p-1. The third-order valence-electron chi connectivity index (χ3n) is 2.56. The van der Waals surface area contributed by atoms with Crippen LogP contribution in [0.3, 0.4) is 0 Å². The lowest BCUT2D eigenvalue weighted by Crippen LogP contribution is -2.09. The third kappa shape index (κ3) is 9.02. The van der Waals surface area contributed by atoms with Crippen LogP contribution >= 0.6 is 0 Å². The van der Waals surface area contributed by atoms with Gasteiger partial charge in [-0.2, -0.15) is 0 Å². The van der Waals surface area contributed by atoms with Crippen molar-refractivity contribution < 1.29 is 18.1 Å². The first-order valence-electron chi connectivity index (χ1n) is 5.74. The predicted octanol–water partition coefficient (Wildman–Crippen LogP) is 1.69. The van der Waals surface area contributed by atoms with Crippen molar-refractivity contribution in [3.05, 3.63) is 12.7 Å². The van der Waals surface area contributed by atoms with Gasteiger partial charge in [0.1, 0.15) is 0 Å². The molecule has 0 spiro atoms. The Morgan fingerprint density at radius 2 is 2.18 bits per heavy atom. The first-order valence-corrected chi connectivity index (χ1v) is 6.77. The van der Waals surface area contributed by atoms with Crippen molar-refractivity contribution in [2.75, 3.05) is 6.54 Å². The van der Waals surface area contributed by atoms with Crippen LogP contribution in [-0.2, 0) is 16.2 Å². The Kier molecular flexibility index (Phi) is 8.93. The molecular weight excluding hydrogens is 242 g/mol. The maximum Gasteiger partial charge on any atom is 0.246 e. The molecule has 17 heavy (non-hydrogen) atoms. The minimum Gasteiger partial charge on any atom is -0.750 e. The number of amides is 1. The Balaban J connectivity index is 0.000000557. The van der Waals surface area contributed by atoms with Gasteiger partial charge in [-0.05, 0) is 12.5 Å². The number of carbonyl (C=O) groups excluding carboxylic acids is 1. The molecule has 5 nitrogen and oxygen atoms in total. The number of unbranched alkanes of at least 4 members (excludes halogenated alkanes) is 3. The minimum atomic E-state index is -2.86. The van der Waals surface area contributed by atoms with Crippen LogP contribution in [0.5, 0.6) is 0 Å². The maximum absolute atomic E-state index is 11.1. The average molecular weight is 262 g/mol. The van der Waals surface area contributed by atoms with E-state index in [1.165, 1.54) is 38.2 Å². The topological polar surface area (TPSA) is 80.4 Å². The molecule has 0 saturated carbocycles. The Morgan fingerprint density at radius 3 is 2.65 bits per heavy atom. The van der Waals surface area contributed by atoms with Crippen LogP contribution in [0.4, 0.5) is 0 Å². The van der Waals surface area contributed by atoms with Gasteiger partial charge in [-0.15, -0.1) is 0 Å². The zero-order valence-corrected chi connectivity index (χ0v) is 10.9. The second-order valence-corrected chi connectivity index (χ2v) is 4.35. The fourth-order valence-corrected chi connectivity index (χ4v) is 1.62. The fourth-order valence-electron chi connectivity index (χ4n) is 1.62. The summed E-state index contributed by atoms with van der Waals surface area (Å²) in [4.78, 5) is 13.0. The van der Waals surface area contributed by atoms with E-state index in [9.17, 15) is 4.79 Å². The Bertz CT molecular complexity index is 266. The summed E-state index contributed by atoms with van der Waals surface area (Å²) in [6, 6.07) is 0.530. The number of rotatable bonds is 6. The molecule has 1 saturated heterocycles. The molecule has 2 unspecified atom stereocenters. The molecule has 2 atom stereocenters. The number of carbonyl (C=O) groups is 1. The summed E-state index contributed by atoms with van der Waals surface area (Å²) in [6.07, 6.45) is 7.76. The number of hydrogen-bond donors (Lipinski definition) is 1. The third-order valence-corrected chi connectivity index (χ3v) is 2.56. The summed E-state index contributed by atoms with van der Waals surface area (Å²) in [5.41, 5.74) is 0. The van der Waals surface area contributed by atoms with Gasteiger partial charge in [0, 0.05) is 12.6 Å². The molecule has 1 fully saturated rings. The quantitative estimate of drug-likeness (QED) is 0.342. The summed E-state index contributed by atoms with van der Waals surface area (Å²) < 4.78 is 24.1. The SMILES string of the molecule is C=CC(=O)N1CC1CCCCCC.O=S([O-])O. The molecule has 100 valence electrons. The smallest absolute Gasteiger partial charge is 0.246 e. The van der Waals surface area contributed by atoms with Gasteiger partial charge in [-0.3, -0.25) is 4.79 Å². The molecule has 0 aromatic carbocycles. The van der Waals surface area contributed by atoms with E-state index in [2.05, 4.69) is 13.5 Å². The van der Waals surface area contributed by atoms with Crippen LogP contribution in [-0.4, -0.2) is 36.7 Å². The van der Waals surface area contributed by atoms with Crippen molar-refractivity contribution in [1.29, 1.82) is 0 Å². The highest BCUT2D eigenvalue weighted by atomic mass is 32.2. The van der Waals surface area contributed by atoms with Gasteiger partial charge in [-0.25, -0.2) is 4.21 Å². The van der Waals surface area contributed by atoms with Crippen molar-refractivity contribution in [3.63, 3.8) is 0 Å². The molecule has 0 aliphatic carbocycles. The zero-order chi connectivity index (χ0) is 13.3. The lowest BCUT2D eigenvalue weighted by Gasteiger charge is -2.00. The molecule has 0 bridgehead atoms. The molecule has 0 aromatic heterocycles. The first kappa shape index (κ1) is 16.3. The van der Waals surface area contributed by atoms with Gasteiger partial charge < -0.3 is 14.0 Å². The summed E-state index contributed by atoms with van der Waals surface area (Å²) >= 11 is -2.86. The molecule has 1 rings (SSSR count). The molecule has 0 radical (unpaired) electrons. The van der Waals surface area contributed by atoms with Gasteiger partial charge in [-0.1, -0.05) is 39.2 Å². The molecular formula is C11H20NO4S-. The zero-order valence-electron chi connectivity index (χ0n) is 10.1. The molecule has 6 heteroatoms. The van der Waals surface area contributed by atoms with E-state index in [0.717, 1.165) is 6.54 Å². The van der Waals surface area contributed by atoms with Gasteiger partial charge in [0.15, 0.2) is 0 Å². The van der Waals surface area contributed by atoms with E-state index in [1.54, 1.807) is 0 Å². The number of nitrogens with zero attached hydrogens (tertiary/aromatic N) is 1. The minimum absolute atomic E-state index is 0.0977. The van der Waals surface area contributed by atoms with Crippen LogP contribution in [0.15, 0.2) is 12.7 Å². The van der Waals surface area contributed by atoms with E-state index >= 15 is 0 Å². The highest BCUT2D eigenvalue weighted by Gasteiger charge is 2.35. The number of hydrogen-bond acceptors (Lipinski definition) is 3. The van der Waals surface area contributed by atoms with E-state index in [1.807, 2.05) is 4.90 Å². The summed E-state index contributed by atoms with van der Waals surface area (Å²) in [7, 11) is 0. The van der Waals surface area contributed by atoms with Crippen LogP contribution in [0.2, 0.25) is 0 Å². The fraction of sp³-hybridized carbons (Fsp3) is 0.727. The van der Waals surface area contributed by atoms with E-state index in [0.29, 0.717) is 6.04 Å². The molecule has 1 heterocycles. The van der Waals surface area contributed by atoms with E-state index < -0.39 is 11.4 Å². The van der Waals surface area contributed by atoms with Crippen LogP contribution < -0.4 is 0 Å². The van der Waals surface area contributed by atoms with E-state index in [4.69, 9.17) is 13.3 Å².